The lowest BCUT2D eigenvalue weighted by molar-refractivity contribution is -0.604. The van der Waals surface area contributed by atoms with E-state index in [1.807, 2.05) is 0 Å². The van der Waals surface area contributed by atoms with Gasteiger partial charge in [0.25, 0.3) is 0 Å². The van der Waals surface area contributed by atoms with Crippen molar-refractivity contribution in [3.63, 3.8) is 0 Å². The van der Waals surface area contributed by atoms with Gasteiger partial charge >= 0.3 is 0 Å². The summed E-state index contributed by atoms with van der Waals surface area (Å²) in [6.45, 7) is 0. The fraction of sp³-hybridized carbons (Fsp3) is 1.00. The van der Waals surface area contributed by atoms with Crippen molar-refractivity contribution in [3.8, 4) is 0 Å². The molecule has 1 heterocycles. The highest BCUT2D eigenvalue weighted by Crippen LogP contribution is 2.34. The summed E-state index contributed by atoms with van der Waals surface area (Å²) in [5, 5.41) is 0. The van der Waals surface area contributed by atoms with E-state index in [1.54, 1.807) is 0 Å². The van der Waals surface area contributed by atoms with Crippen molar-refractivity contribution < 1.29 is 19.6 Å². The van der Waals surface area contributed by atoms with Crippen LogP contribution >= 0.6 is 0 Å². The van der Waals surface area contributed by atoms with Crippen LogP contribution in [-0.4, -0.2) is 12.6 Å². The Morgan fingerprint density at radius 1 is 0.444 bits per heavy atom. The van der Waals surface area contributed by atoms with Crippen LogP contribution in [0.4, 0.5) is 0 Å². The zero-order valence-electron chi connectivity index (χ0n) is 11.0. The molecule has 3 aliphatic rings. The Morgan fingerprint density at radius 3 is 1.11 bits per heavy atom. The van der Waals surface area contributed by atoms with E-state index in [9.17, 15) is 0 Å². The first-order valence-corrected chi connectivity index (χ1v) is 7.58. The quantitative estimate of drug-likeness (QED) is 0.706. The molecule has 0 bridgehead atoms. The molecule has 0 unspecified atom stereocenters. The zero-order chi connectivity index (χ0) is 12.2. The van der Waals surface area contributed by atoms with Crippen LogP contribution in [0, 0.1) is 11.8 Å². The highest BCUT2D eigenvalue weighted by Gasteiger charge is 2.36. The van der Waals surface area contributed by atoms with Crippen LogP contribution in [0.15, 0.2) is 0 Å². The van der Waals surface area contributed by atoms with Gasteiger partial charge in [0, 0.05) is 11.8 Å². The standard InChI is InChI=1S/C14H24O4/c1-3-7-11(8-4-1)13-15-17-14(18-16-13)12-9-5-2-6-10-12/h11-14H,1-10H2. The van der Waals surface area contributed by atoms with Crippen molar-refractivity contribution in [1.82, 2.24) is 0 Å². The van der Waals surface area contributed by atoms with E-state index >= 15 is 0 Å². The molecular weight excluding hydrogens is 232 g/mol. The van der Waals surface area contributed by atoms with Gasteiger partial charge in [-0.25, -0.2) is 0 Å². The molecule has 2 saturated carbocycles. The summed E-state index contributed by atoms with van der Waals surface area (Å²) in [7, 11) is 0. The minimum absolute atomic E-state index is 0.315. The second kappa shape index (κ2) is 6.33. The van der Waals surface area contributed by atoms with Crippen molar-refractivity contribution in [1.29, 1.82) is 0 Å². The fourth-order valence-electron chi connectivity index (χ4n) is 3.38. The van der Waals surface area contributed by atoms with Gasteiger partial charge in [0.05, 0.1) is 0 Å². The van der Waals surface area contributed by atoms with Gasteiger partial charge in [0.15, 0.2) is 0 Å². The summed E-state index contributed by atoms with van der Waals surface area (Å²) < 4.78 is 0. The summed E-state index contributed by atoms with van der Waals surface area (Å²) in [5.41, 5.74) is 0. The topological polar surface area (TPSA) is 36.9 Å². The molecule has 3 fully saturated rings. The first kappa shape index (κ1) is 12.9. The predicted octanol–water partition coefficient (Wildman–Crippen LogP) is 3.71. The van der Waals surface area contributed by atoms with Gasteiger partial charge in [0.1, 0.15) is 0 Å². The lowest BCUT2D eigenvalue weighted by atomic mass is 9.88. The molecule has 4 nitrogen and oxygen atoms in total. The Hall–Kier alpha value is -0.160. The maximum atomic E-state index is 5.44. The van der Waals surface area contributed by atoms with Crippen LogP contribution in [0.5, 0.6) is 0 Å². The normalized spacial score (nSPS) is 36.7. The monoisotopic (exact) mass is 256 g/mol. The first-order chi connectivity index (χ1) is 8.93. The third-order valence-electron chi connectivity index (χ3n) is 4.56. The van der Waals surface area contributed by atoms with Crippen LogP contribution < -0.4 is 0 Å². The largest absolute Gasteiger partial charge is 0.227 e. The average molecular weight is 256 g/mol. The highest BCUT2D eigenvalue weighted by atomic mass is 17.4. The Morgan fingerprint density at radius 2 is 0.778 bits per heavy atom. The smallest absolute Gasteiger partial charge is 0.198 e. The van der Waals surface area contributed by atoms with Crippen molar-refractivity contribution in [2.45, 2.75) is 76.8 Å². The van der Waals surface area contributed by atoms with E-state index in [2.05, 4.69) is 0 Å². The molecule has 1 saturated heterocycles. The predicted molar refractivity (Wildman–Crippen MR) is 65.1 cm³/mol. The molecule has 0 aromatic rings. The molecule has 0 amide bonds. The lowest BCUT2D eigenvalue weighted by Gasteiger charge is -2.36. The highest BCUT2D eigenvalue weighted by molar-refractivity contribution is 4.71. The third-order valence-corrected chi connectivity index (χ3v) is 4.56. The minimum Gasteiger partial charge on any atom is -0.198 e. The minimum atomic E-state index is -0.315. The number of rotatable bonds is 2. The van der Waals surface area contributed by atoms with E-state index in [0.29, 0.717) is 11.8 Å². The van der Waals surface area contributed by atoms with E-state index < -0.39 is 0 Å². The lowest BCUT2D eigenvalue weighted by Crippen LogP contribution is -2.41. The second-order valence-corrected chi connectivity index (χ2v) is 5.92. The molecular formula is C14H24O4. The van der Waals surface area contributed by atoms with Gasteiger partial charge in [-0.15, -0.1) is 0 Å². The van der Waals surface area contributed by atoms with E-state index in [4.69, 9.17) is 19.6 Å². The second-order valence-electron chi connectivity index (χ2n) is 5.92. The molecule has 2 aliphatic carbocycles. The van der Waals surface area contributed by atoms with Gasteiger partial charge in [-0.05, 0) is 25.7 Å². The van der Waals surface area contributed by atoms with Crippen molar-refractivity contribution in [3.05, 3.63) is 0 Å². The number of hydrogen-bond acceptors (Lipinski definition) is 4. The van der Waals surface area contributed by atoms with Gasteiger partial charge in [-0.3, -0.25) is 0 Å². The van der Waals surface area contributed by atoms with Crippen LogP contribution in [0.3, 0.4) is 0 Å². The van der Waals surface area contributed by atoms with Crippen LogP contribution in [0.1, 0.15) is 64.2 Å². The van der Waals surface area contributed by atoms with Crippen LogP contribution in [0.25, 0.3) is 0 Å². The molecule has 0 atom stereocenters. The Bertz CT molecular complexity index is 212. The molecule has 0 aromatic carbocycles. The molecule has 4 heteroatoms. The van der Waals surface area contributed by atoms with Gasteiger partial charge < -0.3 is 0 Å². The Labute approximate surface area is 109 Å². The van der Waals surface area contributed by atoms with Crippen molar-refractivity contribution >= 4 is 0 Å². The van der Waals surface area contributed by atoms with Gasteiger partial charge in [-0.1, -0.05) is 38.5 Å². The number of hydrogen-bond donors (Lipinski definition) is 0. The molecule has 3 rings (SSSR count). The first-order valence-electron chi connectivity index (χ1n) is 7.58. The molecule has 18 heavy (non-hydrogen) atoms. The van der Waals surface area contributed by atoms with Gasteiger partial charge in [0.2, 0.25) is 12.6 Å². The summed E-state index contributed by atoms with van der Waals surface area (Å²) in [6.07, 6.45) is 11.7. The third kappa shape index (κ3) is 3.05. The summed E-state index contributed by atoms with van der Waals surface area (Å²) in [6, 6.07) is 0. The maximum Gasteiger partial charge on any atom is 0.227 e. The summed E-state index contributed by atoms with van der Waals surface area (Å²) in [4.78, 5) is 21.7. The van der Waals surface area contributed by atoms with Crippen molar-refractivity contribution in [2.24, 2.45) is 11.8 Å². The maximum absolute atomic E-state index is 5.44. The molecule has 0 spiro atoms. The van der Waals surface area contributed by atoms with E-state index in [0.717, 1.165) is 25.7 Å². The van der Waals surface area contributed by atoms with E-state index in [1.165, 1.54) is 38.5 Å². The average Bonchev–Trinajstić information content (AvgIpc) is 2.49. The van der Waals surface area contributed by atoms with Crippen molar-refractivity contribution in [2.75, 3.05) is 0 Å². The molecule has 104 valence electrons. The zero-order valence-corrected chi connectivity index (χ0v) is 11.0. The summed E-state index contributed by atoms with van der Waals surface area (Å²) in [5.74, 6) is 0.872. The fourth-order valence-corrected chi connectivity index (χ4v) is 3.38. The van der Waals surface area contributed by atoms with Crippen LogP contribution in [-0.2, 0) is 19.6 Å². The molecule has 1 aliphatic heterocycles. The molecule has 0 N–H and O–H groups in total. The van der Waals surface area contributed by atoms with E-state index in [-0.39, 0.29) is 12.6 Å². The molecule has 0 radical (unpaired) electrons. The van der Waals surface area contributed by atoms with Crippen LogP contribution in [0.2, 0.25) is 0 Å². The SMILES string of the molecule is C1CCC(C2OOC(C3CCCCC3)OO2)CC1. The Balaban J connectivity index is 1.45. The summed E-state index contributed by atoms with van der Waals surface area (Å²) >= 11 is 0. The Kier molecular flexibility index (Phi) is 4.52. The molecule has 0 aromatic heterocycles. The van der Waals surface area contributed by atoms with Gasteiger partial charge in [-0.2, -0.15) is 19.6 Å².